The van der Waals surface area contributed by atoms with E-state index < -0.39 is 0 Å². The largest absolute Gasteiger partial charge is 0.497 e. The molecule has 1 aliphatic carbocycles. The molecule has 4 rings (SSSR count). The third-order valence-corrected chi connectivity index (χ3v) is 5.26. The maximum Gasteiger partial charge on any atom is 0.240 e. The summed E-state index contributed by atoms with van der Waals surface area (Å²) in [6.07, 6.45) is 2.03. The second-order valence-electron chi connectivity index (χ2n) is 6.87. The normalized spacial score (nSPS) is 21.4. The first-order chi connectivity index (χ1) is 12.1. The Labute approximate surface area is 148 Å². The first-order valence-electron chi connectivity index (χ1n) is 8.70. The second-order valence-corrected chi connectivity index (χ2v) is 6.87. The Balaban J connectivity index is 1.78. The molecule has 2 atom stereocenters. The van der Waals surface area contributed by atoms with Crippen LogP contribution < -0.4 is 4.74 Å². The van der Waals surface area contributed by atoms with Gasteiger partial charge in [0.1, 0.15) is 5.75 Å². The number of benzene rings is 2. The summed E-state index contributed by atoms with van der Waals surface area (Å²) >= 11 is 0. The predicted molar refractivity (Wildman–Crippen MR) is 97.8 cm³/mol. The van der Waals surface area contributed by atoms with E-state index in [1.54, 1.807) is 19.0 Å². The zero-order chi connectivity index (χ0) is 17.6. The van der Waals surface area contributed by atoms with E-state index in [1.165, 1.54) is 16.7 Å². The van der Waals surface area contributed by atoms with Crippen LogP contribution in [0.15, 0.2) is 47.6 Å². The molecule has 2 aromatic carbocycles. The van der Waals surface area contributed by atoms with E-state index in [1.807, 2.05) is 24.3 Å². The molecule has 0 fully saturated rings. The Morgan fingerprint density at radius 3 is 2.64 bits per heavy atom. The molecule has 1 aliphatic heterocycles. The molecule has 4 nitrogen and oxygen atoms in total. The summed E-state index contributed by atoms with van der Waals surface area (Å²) in [5.41, 5.74) is 5.93. The predicted octanol–water partition coefficient (Wildman–Crippen LogP) is 3.87. The van der Waals surface area contributed by atoms with Crippen molar-refractivity contribution in [3.63, 3.8) is 0 Å². The Morgan fingerprint density at radius 1 is 1.20 bits per heavy atom. The van der Waals surface area contributed by atoms with Crippen molar-refractivity contribution in [2.75, 3.05) is 7.11 Å². The van der Waals surface area contributed by atoms with E-state index >= 15 is 0 Å². The fraction of sp³-hybridized carbons (Fsp3) is 0.333. The van der Waals surface area contributed by atoms with Crippen molar-refractivity contribution < 1.29 is 9.53 Å². The maximum atomic E-state index is 12.3. The van der Waals surface area contributed by atoms with Gasteiger partial charge in [-0.2, -0.15) is 5.10 Å². The van der Waals surface area contributed by atoms with Crippen LogP contribution in [-0.2, 0) is 11.2 Å². The zero-order valence-electron chi connectivity index (χ0n) is 14.8. The van der Waals surface area contributed by atoms with Crippen molar-refractivity contribution in [2.45, 2.75) is 32.7 Å². The third-order valence-electron chi connectivity index (χ3n) is 5.26. The minimum atomic E-state index is -0.0351. The van der Waals surface area contributed by atoms with E-state index in [0.717, 1.165) is 29.9 Å². The average Bonchev–Trinajstić information content (AvgIpc) is 3.02. The van der Waals surface area contributed by atoms with Gasteiger partial charge in [0.15, 0.2) is 0 Å². The number of nitrogens with zero attached hydrogens (tertiary/aromatic N) is 2. The van der Waals surface area contributed by atoms with E-state index in [0.29, 0.717) is 0 Å². The molecule has 1 heterocycles. The highest BCUT2D eigenvalue weighted by Crippen LogP contribution is 2.43. The number of carbonyl (C=O) groups is 1. The molecule has 2 aromatic rings. The second kappa shape index (κ2) is 6.03. The van der Waals surface area contributed by atoms with Gasteiger partial charge in [-0.15, -0.1) is 0 Å². The molecule has 0 N–H and O–H groups in total. The lowest BCUT2D eigenvalue weighted by atomic mass is 9.77. The van der Waals surface area contributed by atoms with Gasteiger partial charge >= 0.3 is 0 Å². The molecule has 25 heavy (non-hydrogen) atoms. The van der Waals surface area contributed by atoms with Crippen LogP contribution >= 0.6 is 0 Å². The summed E-state index contributed by atoms with van der Waals surface area (Å²) in [6, 6.07) is 14.5. The van der Waals surface area contributed by atoms with Gasteiger partial charge in [-0.3, -0.25) is 4.79 Å². The Bertz CT molecular complexity index is 855. The zero-order valence-corrected chi connectivity index (χ0v) is 14.8. The summed E-state index contributed by atoms with van der Waals surface area (Å²) in [7, 11) is 1.66. The van der Waals surface area contributed by atoms with E-state index in [-0.39, 0.29) is 17.9 Å². The fourth-order valence-electron chi connectivity index (χ4n) is 4.02. The Kier molecular flexibility index (Phi) is 3.83. The van der Waals surface area contributed by atoms with Crippen LogP contribution in [0.2, 0.25) is 0 Å². The molecular weight excluding hydrogens is 312 g/mol. The Morgan fingerprint density at radius 2 is 1.96 bits per heavy atom. The summed E-state index contributed by atoms with van der Waals surface area (Å²) in [6.45, 7) is 3.69. The molecule has 2 aliphatic rings. The number of carbonyl (C=O) groups excluding carboxylic acids is 1. The van der Waals surface area contributed by atoms with E-state index in [2.05, 4.69) is 25.1 Å². The standard InChI is InChI=1S/C21H22N2O2/c1-13-4-5-15-8-11-18-20(19(15)12-13)22-23(14(2)24)21(18)16-6-9-17(25-3)10-7-16/h4-7,9-10,12,18,21H,8,11H2,1-3H3/t18-,21+/m1/s1. The topological polar surface area (TPSA) is 41.9 Å². The lowest BCUT2D eigenvalue weighted by Gasteiger charge is -2.29. The lowest BCUT2D eigenvalue weighted by molar-refractivity contribution is -0.131. The SMILES string of the molecule is COc1ccc([C@H]2[C@@H]3CCc4ccc(C)cc4C3=NN2C(C)=O)cc1. The number of aryl methyl sites for hydroxylation is 2. The average molecular weight is 334 g/mol. The smallest absolute Gasteiger partial charge is 0.240 e. The summed E-state index contributed by atoms with van der Waals surface area (Å²) in [5.74, 6) is 1.05. The minimum Gasteiger partial charge on any atom is -0.497 e. The molecule has 0 saturated heterocycles. The first-order valence-corrected chi connectivity index (χ1v) is 8.70. The lowest BCUT2D eigenvalue weighted by Crippen LogP contribution is -2.31. The van der Waals surface area contributed by atoms with Crippen LogP contribution in [-0.4, -0.2) is 23.7 Å². The van der Waals surface area contributed by atoms with Crippen LogP contribution in [0.4, 0.5) is 0 Å². The van der Waals surface area contributed by atoms with Crippen molar-refractivity contribution in [2.24, 2.45) is 11.0 Å². The van der Waals surface area contributed by atoms with E-state index in [4.69, 9.17) is 9.84 Å². The van der Waals surface area contributed by atoms with Crippen molar-refractivity contribution >= 4 is 11.6 Å². The quantitative estimate of drug-likeness (QED) is 0.836. The monoisotopic (exact) mass is 334 g/mol. The number of hydrogen-bond acceptors (Lipinski definition) is 3. The molecule has 0 unspecified atom stereocenters. The molecule has 0 aromatic heterocycles. The number of hydrazone groups is 1. The maximum absolute atomic E-state index is 12.3. The summed E-state index contributed by atoms with van der Waals surface area (Å²) in [4.78, 5) is 12.3. The van der Waals surface area contributed by atoms with Crippen molar-refractivity contribution in [1.29, 1.82) is 0 Å². The number of amides is 1. The Hall–Kier alpha value is -2.62. The molecule has 0 spiro atoms. The molecule has 1 amide bonds. The van der Waals surface area contributed by atoms with Crippen LogP contribution in [0.5, 0.6) is 5.75 Å². The van der Waals surface area contributed by atoms with Gasteiger partial charge < -0.3 is 4.74 Å². The molecule has 4 heteroatoms. The number of rotatable bonds is 2. The van der Waals surface area contributed by atoms with Gasteiger partial charge in [-0.05, 0) is 49.1 Å². The van der Waals surface area contributed by atoms with E-state index in [9.17, 15) is 4.79 Å². The van der Waals surface area contributed by atoms with Crippen molar-refractivity contribution in [3.05, 3.63) is 64.7 Å². The molecular formula is C21H22N2O2. The van der Waals surface area contributed by atoms with Crippen LogP contribution in [0.1, 0.15) is 41.6 Å². The molecule has 0 radical (unpaired) electrons. The fourth-order valence-corrected chi connectivity index (χ4v) is 4.02. The van der Waals surface area contributed by atoms with Gasteiger partial charge in [0.05, 0.1) is 18.9 Å². The molecule has 0 saturated carbocycles. The summed E-state index contributed by atoms with van der Waals surface area (Å²) in [5, 5.41) is 6.43. The number of methoxy groups -OCH3 is 1. The molecule has 128 valence electrons. The molecule has 0 bridgehead atoms. The van der Waals surface area contributed by atoms with Crippen molar-refractivity contribution in [1.82, 2.24) is 5.01 Å². The highest BCUT2D eigenvalue weighted by molar-refractivity contribution is 6.06. The highest BCUT2D eigenvalue weighted by atomic mass is 16.5. The highest BCUT2D eigenvalue weighted by Gasteiger charge is 2.42. The van der Waals surface area contributed by atoms with Gasteiger partial charge in [-0.25, -0.2) is 5.01 Å². The van der Waals surface area contributed by atoms with Crippen molar-refractivity contribution in [3.8, 4) is 5.75 Å². The van der Waals surface area contributed by atoms with Crippen LogP contribution in [0.25, 0.3) is 0 Å². The van der Waals surface area contributed by atoms with Crippen LogP contribution in [0, 0.1) is 12.8 Å². The summed E-state index contributed by atoms with van der Waals surface area (Å²) < 4.78 is 5.26. The first kappa shape index (κ1) is 15.9. The minimum absolute atomic E-state index is 0.0167. The third kappa shape index (κ3) is 2.62. The van der Waals surface area contributed by atoms with Gasteiger partial charge in [0, 0.05) is 18.4 Å². The number of ether oxygens (including phenoxy) is 1. The van der Waals surface area contributed by atoms with Gasteiger partial charge in [0.25, 0.3) is 0 Å². The van der Waals surface area contributed by atoms with Gasteiger partial charge in [0.2, 0.25) is 5.91 Å². The number of hydrogen-bond donors (Lipinski definition) is 0. The van der Waals surface area contributed by atoms with Crippen LogP contribution in [0.3, 0.4) is 0 Å². The number of fused-ring (bicyclic) bond motifs is 3. The van der Waals surface area contributed by atoms with Gasteiger partial charge in [-0.1, -0.05) is 29.8 Å².